The SMILES string of the molecule is CC(C)Cc1n[nH]c2c1CN(C(=O)CCc1nc(-c3cccnc3)no1)CC2. The van der Waals surface area contributed by atoms with Gasteiger partial charge >= 0.3 is 0 Å². The standard InChI is InChI=1S/C20H24N6O2/c1-13(2)10-17-15-12-26(9-7-16(15)23-24-17)19(27)6-5-18-22-20(25-28-18)14-4-3-8-21-11-14/h3-4,8,11,13H,5-7,9-10,12H2,1-2H3,(H,23,24). The summed E-state index contributed by atoms with van der Waals surface area (Å²) in [5, 5.41) is 11.6. The van der Waals surface area contributed by atoms with Crippen LogP contribution in [0.5, 0.6) is 0 Å². The van der Waals surface area contributed by atoms with E-state index >= 15 is 0 Å². The first kappa shape index (κ1) is 18.3. The predicted molar refractivity (Wildman–Crippen MR) is 102 cm³/mol. The van der Waals surface area contributed by atoms with Gasteiger partial charge in [0.1, 0.15) is 0 Å². The minimum atomic E-state index is 0.100. The smallest absolute Gasteiger partial charge is 0.227 e. The fraction of sp³-hybridized carbons (Fsp3) is 0.450. The molecule has 1 N–H and O–H groups in total. The first-order chi connectivity index (χ1) is 13.6. The number of carbonyl (C=O) groups is 1. The number of amides is 1. The van der Waals surface area contributed by atoms with Crippen LogP contribution in [0, 0.1) is 5.92 Å². The Morgan fingerprint density at radius 3 is 3.07 bits per heavy atom. The number of aryl methyl sites for hydroxylation is 1. The number of nitrogens with one attached hydrogen (secondary N) is 1. The Bertz CT molecular complexity index is 947. The highest BCUT2D eigenvalue weighted by Gasteiger charge is 2.25. The van der Waals surface area contributed by atoms with Gasteiger partial charge in [0.25, 0.3) is 0 Å². The topological polar surface area (TPSA) is 101 Å². The lowest BCUT2D eigenvalue weighted by molar-refractivity contribution is -0.132. The number of carbonyl (C=O) groups excluding carboxylic acids is 1. The first-order valence-corrected chi connectivity index (χ1v) is 9.66. The van der Waals surface area contributed by atoms with Gasteiger partial charge in [0.05, 0.1) is 5.69 Å². The van der Waals surface area contributed by atoms with Crippen LogP contribution >= 0.6 is 0 Å². The molecule has 1 aliphatic heterocycles. The maximum Gasteiger partial charge on any atom is 0.227 e. The molecule has 3 aromatic rings. The van der Waals surface area contributed by atoms with Gasteiger partial charge in [-0.3, -0.25) is 14.9 Å². The fourth-order valence-electron chi connectivity index (χ4n) is 3.46. The van der Waals surface area contributed by atoms with Crippen LogP contribution < -0.4 is 0 Å². The van der Waals surface area contributed by atoms with Gasteiger partial charge in [0.2, 0.25) is 17.6 Å². The molecule has 146 valence electrons. The molecule has 8 heteroatoms. The van der Waals surface area contributed by atoms with Crippen LogP contribution in [0.25, 0.3) is 11.4 Å². The van der Waals surface area contributed by atoms with Crippen LogP contribution in [0.2, 0.25) is 0 Å². The van der Waals surface area contributed by atoms with E-state index in [-0.39, 0.29) is 5.91 Å². The third kappa shape index (κ3) is 3.95. The van der Waals surface area contributed by atoms with Gasteiger partial charge in [-0.05, 0) is 24.5 Å². The Labute approximate surface area is 163 Å². The highest BCUT2D eigenvalue weighted by atomic mass is 16.5. The summed E-state index contributed by atoms with van der Waals surface area (Å²) in [5.74, 6) is 1.59. The molecule has 28 heavy (non-hydrogen) atoms. The molecule has 0 fully saturated rings. The second-order valence-corrected chi connectivity index (χ2v) is 7.54. The summed E-state index contributed by atoms with van der Waals surface area (Å²) in [6.07, 6.45) is 5.90. The van der Waals surface area contributed by atoms with E-state index in [2.05, 4.69) is 39.2 Å². The van der Waals surface area contributed by atoms with Gasteiger partial charge in [-0.15, -0.1) is 0 Å². The van der Waals surface area contributed by atoms with Crippen molar-refractivity contribution in [1.29, 1.82) is 0 Å². The number of rotatable bonds is 6. The summed E-state index contributed by atoms with van der Waals surface area (Å²) in [4.78, 5) is 23.0. The Balaban J connectivity index is 1.36. The van der Waals surface area contributed by atoms with Crippen molar-refractivity contribution < 1.29 is 9.32 Å². The average molecular weight is 380 g/mol. The third-order valence-corrected chi connectivity index (χ3v) is 4.91. The highest BCUT2D eigenvalue weighted by molar-refractivity contribution is 5.76. The van der Waals surface area contributed by atoms with Crippen molar-refractivity contribution >= 4 is 5.91 Å². The number of nitrogens with zero attached hydrogens (tertiary/aromatic N) is 5. The first-order valence-electron chi connectivity index (χ1n) is 9.66. The quantitative estimate of drug-likeness (QED) is 0.705. The Morgan fingerprint density at radius 2 is 2.29 bits per heavy atom. The molecule has 0 spiro atoms. The molecule has 0 atom stereocenters. The van der Waals surface area contributed by atoms with Crippen molar-refractivity contribution in [2.75, 3.05) is 6.54 Å². The third-order valence-electron chi connectivity index (χ3n) is 4.91. The normalized spacial score (nSPS) is 13.8. The minimum absolute atomic E-state index is 0.100. The summed E-state index contributed by atoms with van der Waals surface area (Å²) in [5.41, 5.74) is 4.23. The average Bonchev–Trinajstić information content (AvgIpc) is 3.33. The Kier molecular flexibility index (Phi) is 5.18. The van der Waals surface area contributed by atoms with Crippen LogP contribution in [-0.2, 0) is 30.6 Å². The monoisotopic (exact) mass is 380 g/mol. The molecule has 1 amide bonds. The lowest BCUT2D eigenvalue weighted by Gasteiger charge is -2.27. The lowest BCUT2D eigenvalue weighted by Crippen LogP contribution is -2.36. The van der Waals surface area contributed by atoms with E-state index in [0.717, 1.165) is 29.8 Å². The second-order valence-electron chi connectivity index (χ2n) is 7.54. The van der Waals surface area contributed by atoms with Gasteiger partial charge in [-0.2, -0.15) is 10.1 Å². The molecule has 3 aromatic heterocycles. The van der Waals surface area contributed by atoms with Crippen LogP contribution in [0.15, 0.2) is 29.0 Å². The highest BCUT2D eigenvalue weighted by Crippen LogP contribution is 2.23. The number of aromatic amines is 1. The molecule has 0 radical (unpaired) electrons. The number of fused-ring (bicyclic) bond motifs is 1. The molecule has 4 rings (SSSR count). The molecule has 1 aliphatic rings. The zero-order chi connectivity index (χ0) is 19.5. The Hall–Kier alpha value is -3.03. The molecule has 0 saturated carbocycles. The fourth-order valence-corrected chi connectivity index (χ4v) is 3.46. The molecule has 8 nitrogen and oxygen atoms in total. The summed E-state index contributed by atoms with van der Waals surface area (Å²) in [6.45, 7) is 5.69. The molecule has 0 aliphatic carbocycles. The Morgan fingerprint density at radius 1 is 1.39 bits per heavy atom. The summed E-state index contributed by atoms with van der Waals surface area (Å²) >= 11 is 0. The van der Waals surface area contributed by atoms with Crippen molar-refractivity contribution in [1.82, 2.24) is 30.2 Å². The van der Waals surface area contributed by atoms with Crippen molar-refractivity contribution in [2.45, 2.75) is 46.1 Å². The summed E-state index contributed by atoms with van der Waals surface area (Å²) in [6, 6.07) is 3.70. The largest absolute Gasteiger partial charge is 0.339 e. The molecule has 0 bridgehead atoms. The van der Waals surface area contributed by atoms with Crippen LogP contribution in [0.3, 0.4) is 0 Å². The number of hydrogen-bond donors (Lipinski definition) is 1. The van der Waals surface area contributed by atoms with Crippen molar-refractivity contribution in [3.05, 3.63) is 47.4 Å². The lowest BCUT2D eigenvalue weighted by atomic mass is 9.99. The zero-order valence-electron chi connectivity index (χ0n) is 16.2. The van der Waals surface area contributed by atoms with E-state index < -0.39 is 0 Å². The van der Waals surface area contributed by atoms with Crippen molar-refractivity contribution in [3.63, 3.8) is 0 Å². The number of hydrogen-bond acceptors (Lipinski definition) is 6. The second kappa shape index (κ2) is 7.92. The number of pyridine rings is 1. The molecule has 0 unspecified atom stereocenters. The van der Waals surface area contributed by atoms with Gasteiger partial charge in [0, 0.05) is 61.6 Å². The predicted octanol–water partition coefficient (Wildman–Crippen LogP) is 2.57. The van der Waals surface area contributed by atoms with Crippen LogP contribution in [-0.4, -0.2) is 42.7 Å². The van der Waals surface area contributed by atoms with Crippen molar-refractivity contribution in [3.8, 4) is 11.4 Å². The van der Waals surface area contributed by atoms with Gasteiger partial charge in [0.15, 0.2) is 0 Å². The number of H-pyrrole nitrogens is 1. The molecular formula is C20H24N6O2. The van der Waals surface area contributed by atoms with E-state index in [0.29, 0.717) is 43.6 Å². The van der Waals surface area contributed by atoms with Crippen LogP contribution in [0.4, 0.5) is 0 Å². The molecule has 4 heterocycles. The molecular weight excluding hydrogens is 356 g/mol. The summed E-state index contributed by atoms with van der Waals surface area (Å²) in [7, 11) is 0. The van der Waals surface area contributed by atoms with Gasteiger partial charge in [-0.25, -0.2) is 0 Å². The van der Waals surface area contributed by atoms with Gasteiger partial charge < -0.3 is 9.42 Å². The van der Waals surface area contributed by atoms with E-state index in [4.69, 9.17) is 4.52 Å². The maximum absolute atomic E-state index is 12.7. The van der Waals surface area contributed by atoms with Gasteiger partial charge in [-0.1, -0.05) is 19.0 Å². The maximum atomic E-state index is 12.7. The molecule has 0 aromatic carbocycles. The van der Waals surface area contributed by atoms with E-state index in [9.17, 15) is 4.79 Å². The zero-order valence-corrected chi connectivity index (χ0v) is 16.2. The minimum Gasteiger partial charge on any atom is -0.339 e. The van der Waals surface area contributed by atoms with Crippen molar-refractivity contribution in [2.24, 2.45) is 5.92 Å². The van der Waals surface area contributed by atoms with E-state index in [1.807, 2.05) is 17.0 Å². The van der Waals surface area contributed by atoms with Crippen LogP contribution in [0.1, 0.15) is 43.1 Å². The van der Waals surface area contributed by atoms with E-state index in [1.54, 1.807) is 12.4 Å². The summed E-state index contributed by atoms with van der Waals surface area (Å²) < 4.78 is 5.29. The van der Waals surface area contributed by atoms with E-state index in [1.165, 1.54) is 5.56 Å². The molecule has 0 saturated heterocycles. The number of aromatic nitrogens is 5.